The van der Waals surface area contributed by atoms with Crippen molar-refractivity contribution >= 4 is 39.7 Å². The number of carbonyl (C=O) groups excluding carboxylic acids is 1. The number of amides is 1. The molecule has 1 N–H and O–H groups in total. The molecule has 0 bridgehead atoms. The van der Waals surface area contributed by atoms with Gasteiger partial charge in [0.05, 0.1) is 4.92 Å². The summed E-state index contributed by atoms with van der Waals surface area (Å²) in [6.45, 7) is 0. The molecule has 0 spiro atoms. The lowest BCUT2D eigenvalue weighted by molar-refractivity contribution is -0.384. The zero-order valence-electron chi connectivity index (χ0n) is 15.4. The number of hydrogen-bond donors (Lipinski definition) is 1. The minimum absolute atomic E-state index is 0.0142. The Bertz CT molecular complexity index is 1220. The molecule has 0 saturated heterocycles. The smallest absolute Gasteiger partial charge is 0.293 e. The van der Waals surface area contributed by atoms with E-state index in [0.717, 1.165) is 10.4 Å². The van der Waals surface area contributed by atoms with Crippen LogP contribution in [0.5, 0.6) is 0 Å². The zero-order valence-corrected chi connectivity index (χ0v) is 16.9. The molecule has 0 saturated carbocycles. The van der Waals surface area contributed by atoms with Gasteiger partial charge in [0.1, 0.15) is 5.76 Å². The second kappa shape index (κ2) is 8.48. The Labute approximate surface area is 180 Å². The van der Waals surface area contributed by atoms with E-state index in [2.05, 4.69) is 10.3 Å². The number of carbonyl (C=O) groups is 1. The van der Waals surface area contributed by atoms with Crippen LogP contribution in [0, 0.1) is 10.1 Å². The summed E-state index contributed by atoms with van der Waals surface area (Å²) in [5.74, 6) is 0.126. The third kappa shape index (κ3) is 4.40. The first-order chi connectivity index (χ1) is 14.5. The number of nitro benzene ring substituents is 1. The van der Waals surface area contributed by atoms with E-state index in [9.17, 15) is 14.9 Å². The van der Waals surface area contributed by atoms with Gasteiger partial charge in [0.25, 0.3) is 11.6 Å². The largest absolute Gasteiger partial charge is 0.451 e. The Morgan fingerprint density at radius 1 is 1.13 bits per heavy atom. The van der Waals surface area contributed by atoms with E-state index >= 15 is 0 Å². The Balaban J connectivity index is 1.43. The Kier molecular flexibility index (Phi) is 5.60. The van der Waals surface area contributed by atoms with E-state index in [4.69, 9.17) is 16.0 Å². The van der Waals surface area contributed by atoms with Gasteiger partial charge in [-0.05, 0) is 35.9 Å². The van der Waals surface area contributed by atoms with Crippen molar-refractivity contribution in [1.29, 1.82) is 0 Å². The van der Waals surface area contributed by atoms with Crippen LogP contribution in [0.15, 0.2) is 71.3 Å². The maximum absolute atomic E-state index is 12.5. The molecule has 0 unspecified atom stereocenters. The van der Waals surface area contributed by atoms with Gasteiger partial charge >= 0.3 is 0 Å². The molecule has 4 rings (SSSR count). The topological polar surface area (TPSA) is 98.3 Å². The lowest BCUT2D eigenvalue weighted by Crippen LogP contribution is -2.10. The van der Waals surface area contributed by atoms with Gasteiger partial charge in [0.2, 0.25) is 0 Å². The average Bonchev–Trinajstić information content (AvgIpc) is 3.40. The minimum atomic E-state index is -0.473. The number of benzene rings is 2. The van der Waals surface area contributed by atoms with Crippen LogP contribution in [0.25, 0.3) is 11.3 Å². The SMILES string of the molecule is O=C(Nc1ncc(Cc2ccccc2Cl)s1)c1ccc(-c2ccc([N+](=O)[O-])cc2)o1. The molecular formula is C21H14ClN3O4S. The van der Waals surface area contributed by atoms with Crippen LogP contribution < -0.4 is 5.32 Å². The number of nitrogens with one attached hydrogen (secondary N) is 1. The van der Waals surface area contributed by atoms with Crippen molar-refractivity contribution in [2.24, 2.45) is 0 Å². The number of hydrogen-bond acceptors (Lipinski definition) is 6. The normalized spacial score (nSPS) is 10.7. The average molecular weight is 440 g/mol. The highest BCUT2D eigenvalue weighted by atomic mass is 35.5. The fourth-order valence-corrected chi connectivity index (χ4v) is 3.83. The number of furan rings is 1. The maximum atomic E-state index is 12.5. The fourth-order valence-electron chi connectivity index (χ4n) is 2.80. The minimum Gasteiger partial charge on any atom is -0.451 e. The highest BCUT2D eigenvalue weighted by Crippen LogP contribution is 2.27. The van der Waals surface area contributed by atoms with Crippen LogP contribution in [-0.4, -0.2) is 15.8 Å². The predicted molar refractivity (Wildman–Crippen MR) is 115 cm³/mol. The monoisotopic (exact) mass is 439 g/mol. The van der Waals surface area contributed by atoms with Crippen molar-refractivity contribution in [2.45, 2.75) is 6.42 Å². The van der Waals surface area contributed by atoms with Crippen molar-refractivity contribution < 1.29 is 14.1 Å². The van der Waals surface area contributed by atoms with Crippen molar-refractivity contribution in [3.05, 3.63) is 98.2 Å². The van der Waals surface area contributed by atoms with Crippen molar-refractivity contribution in [1.82, 2.24) is 4.98 Å². The van der Waals surface area contributed by atoms with Gasteiger partial charge in [-0.3, -0.25) is 20.2 Å². The first-order valence-corrected chi connectivity index (χ1v) is 10.0. The Morgan fingerprint density at radius 3 is 2.63 bits per heavy atom. The predicted octanol–water partition coefficient (Wildman–Crippen LogP) is 5.81. The van der Waals surface area contributed by atoms with Gasteiger partial charge in [-0.1, -0.05) is 29.8 Å². The molecular weight excluding hydrogens is 426 g/mol. The summed E-state index contributed by atoms with van der Waals surface area (Å²) in [5.41, 5.74) is 1.61. The zero-order chi connectivity index (χ0) is 21.1. The lowest BCUT2D eigenvalue weighted by atomic mass is 10.1. The van der Waals surface area contributed by atoms with Crippen molar-refractivity contribution in [2.75, 3.05) is 5.32 Å². The first kappa shape index (κ1) is 19.8. The molecule has 30 heavy (non-hydrogen) atoms. The second-order valence-electron chi connectivity index (χ2n) is 6.32. The molecule has 0 aliphatic rings. The van der Waals surface area contributed by atoms with Gasteiger partial charge in [0.15, 0.2) is 10.9 Å². The third-order valence-electron chi connectivity index (χ3n) is 4.29. The van der Waals surface area contributed by atoms with E-state index in [1.807, 2.05) is 24.3 Å². The molecule has 0 radical (unpaired) electrons. The van der Waals surface area contributed by atoms with Crippen molar-refractivity contribution in [3.8, 4) is 11.3 Å². The molecule has 4 aromatic rings. The van der Waals surface area contributed by atoms with E-state index in [1.54, 1.807) is 30.5 Å². The lowest BCUT2D eigenvalue weighted by Gasteiger charge is -2.01. The number of non-ortho nitro benzene ring substituents is 1. The first-order valence-electron chi connectivity index (χ1n) is 8.84. The number of nitrogens with zero attached hydrogens (tertiary/aromatic N) is 2. The van der Waals surface area contributed by atoms with Crippen LogP contribution in [-0.2, 0) is 6.42 Å². The van der Waals surface area contributed by atoms with Gasteiger partial charge in [-0.15, -0.1) is 11.3 Å². The summed E-state index contributed by atoms with van der Waals surface area (Å²) in [6.07, 6.45) is 2.33. The van der Waals surface area contributed by atoms with Crippen LogP contribution in [0.4, 0.5) is 10.8 Å². The van der Waals surface area contributed by atoms with Crippen molar-refractivity contribution in [3.63, 3.8) is 0 Å². The fraction of sp³-hybridized carbons (Fsp3) is 0.0476. The van der Waals surface area contributed by atoms with Crippen LogP contribution in [0.2, 0.25) is 5.02 Å². The van der Waals surface area contributed by atoms with Gasteiger partial charge in [-0.25, -0.2) is 4.98 Å². The highest BCUT2D eigenvalue weighted by Gasteiger charge is 2.15. The quantitative estimate of drug-likeness (QED) is 0.302. The molecule has 9 heteroatoms. The number of aromatic nitrogens is 1. The molecule has 1 amide bonds. The number of thiazole rings is 1. The van der Waals surface area contributed by atoms with E-state index in [0.29, 0.717) is 27.9 Å². The number of rotatable bonds is 6. The third-order valence-corrected chi connectivity index (χ3v) is 5.57. The number of halogens is 1. The molecule has 7 nitrogen and oxygen atoms in total. The Hall–Kier alpha value is -3.49. The molecule has 2 aromatic carbocycles. The van der Waals surface area contributed by atoms with Crippen LogP contribution in [0.3, 0.4) is 0 Å². The van der Waals surface area contributed by atoms with Crippen LogP contribution in [0.1, 0.15) is 21.0 Å². The summed E-state index contributed by atoms with van der Waals surface area (Å²) >= 11 is 7.55. The molecule has 2 aromatic heterocycles. The molecule has 0 atom stereocenters. The summed E-state index contributed by atoms with van der Waals surface area (Å²) in [4.78, 5) is 28.0. The number of anilines is 1. The van der Waals surface area contributed by atoms with Gasteiger partial charge in [0, 0.05) is 40.2 Å². The van der Waals surface area contributed by atoms with E-state index in [-0.39, 0.29) is 11.4 Å². The molecule has 0 fully saturated rings. The van der Waals surface area contributed by atoms with Crippen LogP contribution >= 0.6 is 22.9 Å². The summed E-state index contributed by atoms with van der Waals surface area (Å²) < 4.78 is 5.60. The van der Waals surface area contributed by atoms with Gasteiger partial charge < -0.3 is 4.42 Å². The van der Waals surface area contributed by atoms with E-state index < -0.39 is 10.8 Å². The Morgan fingerprint density at radius 2 is 1.90 bits per heavy atom. The summed E-state index contributed by atoms with van der Waals surface area (Å²) in [5, 5.41) is 14.6. The second-order valence-corrected chi connectivity index (χ2v) is 7.84. The molecule has 2 heterocycles. The summed E-state index contributed by atoms with van der Waals surface area (Å²) in [7, 11) is 0. The van der Waals surface area contributed by atoms with E-state index in [1.165, 1.54) is 23.5 Å². The highest BCUT2D eigenvalue weighted by molar-refractivity contribution is 7.15. The standard InChI is InChI=1S/C21H14ClN3O4S/c22-17-4-2-1-3-14(17)11-16-12-23-21(30-16)24-20(26)19-10-9-18(29-19)13-5-7-15(8-6-13)25(27)28/h1-10,12H,11H2,(H,23,24,26). The molecule has 0 aliphatic carbocycles. The molecule has 0 aliphatic heterocycles. The summed E-state index contributed by atoms with van der Waals surface area (Å²) in [6, 6.07) is 16.7. The molecule has 150 valence electrons. The maximum Gasteiger partial charge on any atom is 0.293 e. The number of nitro groups is 1. The van der Waals surface area contributed by atoms with Gasteiger partial charge in [-0.2, -0.15) is 0 Å².